The lowest BCUT2D eigenvalue weighted by atomic mass is 10.1. The molecule has 9 heteroatoms. The van der Waals surface area contributed by atoms with Crippen molar-refractivity contribution in [3.8, 4) is 5.69 Å². The highest BCUT2D eigenvalue weighted by atomic mass is 32.2. The van der Waals surface area contributed by atoms with E-state index < -0.39 is 11.9 Å². The Labute approximate surface area is 160 Å². The molecule has 0 fully saturated rings. The molecule has 8 nitrogen and oxygen atoms in total. The van der Waals surface area contributed by atoms with Gasteiger partial charge >= 0.3 is 6.03 Å². The lowest BCUT2D eigenvalue weighted by Gasteiger charge is -2.08. The zero-order valence-corrected chi connectivity index (χ0v) is 15.7. The Morgan fingerprint density at radius 2 is 1.78 bits per heavy atom. The predicted octanol–water partition coefficient (Wildman–Crippen LogP) is 2.72. The van der Waals surface area contributed by atoms with Crippen molar-refractivity contribution in [2.24, 2.45) is 0 Å². The van der Waals surface area contributed by atoms with Gasteiger partial charge in [-0.15, -0.1) is 5.10 Å². The average molecular weight is 382 g/mol. The number of tetrazole rings is 1. The minimum Gasteiger partial charge on any atom is -0.308 e. The van der Waals surface area contributed by atoms with Crippen LogP contribution in [0, 0.1) is 13.8 Å². The molecule has 0 unspecified atom stereocenters. The van der Waals surface area contributed by atoms with Gasteiger partial charge in [0.25, 0.3) is 0 Å². The molecule has 0 saturated heterocycles. The number of para-hydroxylation sites is 1. The summed E-state index contributed by atoms with van der Waals surface area (Å²) in [6.07, 6.45) is 0. The smallest absolute Gasteiger partial charge is 0.308 e. The first-order valence-electron chi connectivity index (χ1n) is 8.17. The van der Waals surface area contributed by atoms with Crippen LogP contribution in [0.15, 0.2) is 53.7 Å². The molecule has 1 heterocycles. The molecule has 0 radical (unpaired) electrons. The summed E-state index contributed by atoms with van der Waals surface area (Å²) in [5.41, 5.74) is 3.61. The molecule has 138 valence electrons. The summed E-state index contributed by atoms with van der Waals surface area (Å²) in [4.78, 5) is 23.9. The number of benzene rings is 2. The van der Waals surface area contributed by atoms with Crippen LogP contribution < -0.4 is 10.6 Å². The van der Waals surface area contributed by atoms with Gasteiger partial charge < -0.3 is 5.32 Å². The lowest BCUT2D eigenvalue weighted by Crippen LogP contribution is -2.35. The monoisotopic (exact) mass is 382 g/mol. The largest absolute Gasteiger partial charge is 0.325 e. The molecule has 0 saturated carbocycles. The summed E-state index contributed by atoms with van der Waals surface area (Å²) in [5, 5.41) is 17.0. The number of imide groups is 1. The number of carbonyl (C=O) groups excluding carboxylic acids is 2. The fourth-order valence-electron chi connectivity index (χ4n) is 2.48. The molecule has 0 atom stereocenters. The van der Waals surface area contributed by atoms with Gasteiger partial charge in [0.15, 0.2) is 0 Å². The molecular weight excluding hydrogens is 364 g/mol. The van der Waals surface area contributed by atoms with Crippen LogP contribution in [0.25, 0.3) is 5.69 Å². The number of hydrogen-bond donors (Lipinski definition) is 2. The Morgan fingerprint density at radius 1 is 1.07 bits per heavy atom. The number of amides is 3. The van der Waals surface area contributed by atoms with E-state index in [9.17, 15) is 9.59 Å². The molecule has 3 rings (SSSR count). The zero-order valence-electron chi connectivity index (χ0n) is 14.8. The van der Waals surface area contributed by atoms with Crippen molar-refractivity contribution < 1.29 is 9.59 Å². The third-order valence-corrected chi connectivity index (χ3v) is 4.43. The molecular formula is C18H18N6O2S. The van der Waals surface area contributed by atoms with Gasteiger partial charge in [0.2, 0.25) is 11.1 Å². The summed E-state index contributed by atoms with van der Waals surface area (Å²) in [6.45, 7) is 3.99. The molecule has 0 aliphatic rings. The maximum Gasteiger partial charge on any atom is 0.325 e. The van der Waals surface area contributed by atoms with Crippen molar-refractivity contribution in [1.82, 2.24) is 25.5 Å². The molecule has 2 aromatic carbocycles. The topological polar surface area (TPSA) is 102 Å². The van der Waals surface area contributed by atoms with Crippen molar-refractivity contribution >= 4 is 29.4 Å². The number of carbonyl (C=O) groups is 2. The molecule has 3 aromatic rings. The van der Waals surface area contributed by atoms with Crippen molar-refractivity contribution in [3.63, 3.8) is 0 Å². The van der Waals surface area contributed by atoms with Crippen LogP contribution in [0.1, 0.15) is 11.1 Å². The number of aryl methyl sites for hydroxylation is 2. The number of rotatable bonds is 5. The van der Waals surface area contributed by atoms with Gasteiger partial charge in [-0.3, -0.25) is 10.1 Å². The molecule has 2 N–H and O–H groups in total. The molecule has 0 aliphatic heterocycles. The number of urea groups is 1. The first-order valence-corrected chi connectivity index (χ1v) is 9.15. The first kappa shape index (κ1) is 18.6. The van der Waals surface area contributed by atoms with E-state index in [1.807, 2.05) is 32.0 Å². The average Bonchev–Trinajstić information content (AvgIpc) is 3.08. The minimum absolute atomic E-state index is 0.00732. The third kappa shape index (κ3) is 5.14. The Balaban J connectivity index is 1.58. The van der Waals surface area contributed by atoms with Crippen LogP contribution in [0.2, 0.25) is 0 Å². The van der Waals surface area contributed by atoms with Gasteiger partial charge in [0, 0.05) is 5.69 Å². The summed E-state index contributed by atoms with van der Waals surface area (Å²) < 4.78 is 1.57. The molecule has 0 spiro atoms. The predicted molar refractivity (Wildman–Crippen MR) is 103 cm³/mol. The van der Waals surface area contributed by atoms with Crippen LogP contribution in [0.4, 0.5) is 10.5 Å². The Bertz CT molecular complexity index is 937. The summed E-state index contributed by atoms with van der Waals surface area (Å²) in [5.74, 6) is -0.434. The van der Waals surface area contributed by atoms with Gasteiger partial charge in [-0.25, -0.2) is 4.79 Å². The van der Waals surface area contributed by atoms with Gasteiger partial charge in [0.05, 0.1) is 11.4 Å². The van der Waals surface area contributed by atoms with Crippen LogP contribution in [-0.4, -0.2) is 37.9 Å². The van der Waals surface area contributed by atoms with E-state index in [4.69, 9.17) is 0 Å². The molecule has 0 aliphatic carbocycles. The van der Waals surface area contributed by atoms with E-state index in [0.29, 0.717) is 10.8 Å². The highest BCUT2D eigenvalue weighted by Gasteiger charge is 2.14. The van der Waals surface area contributed by atoms with Crippen LogP contribution in [-0.2, 0) is 4.79 Å². The van der Waals surface area contributed by atoms with E-state index in [0.717, 1.165) is 28.6 Å². The van der Waals surface area contributed by atoms with Gasteiger partial charge in [0.1, 0.15) is 0 Å². The third-order valence-electron chi connectivity index (χ3n) is 3.51. The van der Waals surface area contributed by atoms with Crippen LogP contribution in [0.5, 0.6) is 0 Å². The highest BCUT2D eigenvalue weighted by molar-refractivity contribution is 7.99. The fraction of sp³-hybridized carbons (Fsp3) is 0.167. The maximum atomic E-state index is 12.0. The number of thioether (sulfide) groups is 1. The van der Waals surface area contributed by atoms with E-state index in [2.05, 4.69) is 32.2 Å². The molecule has 27 heavy (non-hydrogen) atoms. The maximum absolute atomic E-state index is 12.0. The first-order chi connectivity index (χ1) is 13.0. The highest BCUT2D eigenvalue weighted by Crippen LogP contribution is 2.20. The Kier molecular flexibility index (Phi) is 5.82. The van der Waals surface area contributed by atoms with Crippen LogP contribution in [0.3, 0.4) is 0 Å². The van der Waals surface area contributed by atoms with Gasteiger partial charge in [-0.05, 0) is 59.7 Å². The number of nitrogens with one attached hydrogen (secondary N) is 2. The Hall–Kier alpha value is -3.20. The normalized spacial score (nSPS) is 10.4. The van der Waals surface area contributed by atoms with Crippen molar-refractivity contribution in [3.05, 3.63) is 59.7 Å². The Morgan fingerprint density at radius 3 is 2.48 bits per heavy atom. The van der Waals surface area contributed by atoms with E-state index >= 15 is 0 Å². The SMILES string of the molecule is Cc1cc(C)cc(-n2nnnc2SCC(=O)NC(=O)Nc2ccccc2)c1. The molecule has 1 aromatic heterocycles. The summed E-state index contributed by atoms with van der Waals surface area (Å²) >= 11 is 1.15. The second-order valence-corrected chi connectivity index (χ2v) is 6.82. The number of aromatic nitrogens is 4. The number of nitrogens with zero attached hydrogens (tertiary/aromatic N) is 4. The van der Waals surface area contributed by atoms with Crippen molar-refractivity contribution in [1.29, 1.82) is 0 Å². The van der Waals surface area contributed by atoms with Crippen LogP contribution >= 0.6 is 11.8 Å². The summed E-state index contributed by atoms with van der Waals surface area (Å²) in [6, 6.07) is 14.3. The van der Waals surface area contributed by atoms with E-state index in [-0.39, 0.29) is 5.75 Å². The fourth-order valence-corrected chi connectivity index (χ4v) is 3.17. The summed E-state index contributed by atoms with van der Waals surface area (Å²) in [7, 11) is 0. The number of anilines is 1. The standard InChI is InChI=1S/C18H18N6O2S/c1-12-8-13(2)10-15(9-12)24-18(21-22-23-24)27-11-16(25)20-17(26)19-14-6-4-3-5-7-14/h3-10H,11H2,1-2H3,(H2,19,20,25,26). The van der Waals surface area contributed by atoms with Crippen molar-refractivity contribution in [2.45, 2.75) is 19.0 Å². The molecule has 0 bridgehead atoms. The van der Waals surface area contributed by atoms with E-state index in [1.54, 1.807) is 28.9 Å². The van der Waals surface area contributed by atoms with Gasteiger partial charge in [-0.1, -0.05) is 36.0 Å². The minimum atomic E-state index is -0.583. The second kappa shape index (κ2) is 8.45. The second-order valence-electron chi connectivity index (χ2n) is 5.88. The number of hydrogen-bond acceptors (Lipinski definition) is 6. The quantitative estimate of drug-likeness (QED) is 0.658. The lowest BCUT2D eigenvalue weighted by molar-refractivity contribution is -0.117. The van der Waals surface area contributed by atoms with E-state index in [1.165, 1.54) is 0 Å². The van der Waals surface area contributed by atoms with Crippen molar-refractivity contribution in [2.75, 3.05) is 11.1 Å². The zero-order chi connectivity index (χ0) is 19.2. The van der Waals surface area contributed by atoms with Gasteiger partial charge in [-0.2, -0.15) is 4.68 Å². The molecule has 3 amide bonds.